The number of amides is 1. The van der Waals surface area contributed by atoms with E-state index in [2.05, 4.69) is 20.9 Å². The Kier molecular flexibility index (Phi) is 3.28. The topological polar surface area (TPSA) is 46.3 Å². The van der Waals surface area contributed by atoms with Crippen LogP contribution in [0.15, 0.2) is 57.7 Å². The normalized spacial score (nSPS) is 10.7. The monoisotopic (exact) mass is 330 g/mol. The quantitative estimate of drug-likeness (QED) is 0.716. The van der Waals surface area contributed by atoms with E-state index in [1.165, 1.54) is 11.2 Å². The standard InChI is InChI=1S/C15H11BrN2O2/c1-18(14-7-6-10(16)8-17-14)15(19)12-9-20-13-5-3-2-4-11(12)13/h2-9H,1H3. The van der Waals surface area contributed by atoms with Crippen molar-refractivity contribution in [3.63, 3.8) is 0 Å². The number of carbonyl (C=O) groups excluding carboxylic acids is 1. The Morgan fingerprint density at radius 2 is 2.05 bits per heavy atom. The Morgan fingerprint density at radius 1 is 1.25 bits per heavy atom. The van der Waals surface area contributed by atoms with Crippen molar-refractivity contribution in [1.82, 2.24) is 4.98 Å². The van der Waals surface area contributed by atoms with Gasteiger partial charge in [-0.2, -0.15) is 0 Å². The van der Waals surface area contributed by atoms with Crippen LogP contribution in [0.2, 0.25) is 0 Å². The van der Waals surface area contributed by atoms with Gasteiger partial charge in [0.05, 0.1) is 5.56 Å². The third-order valence-corrected chi connectivity index (χ3v) is 3.54. The second-order valence-corrected chi connectivity index (χ2v) is 5.26. The van der Waals surface area contributed by atoms with E-state index in [0.717, 1.165) is 9.86 Å². The number of aromatic nitrogens is 1. The molecular weight excluding hydrogens is 320 g/mol. The van der Waals surface area contributed by atoms with E-state index in [0.29, 0.717) is 17.0 Å². The lowest BCUT2D eigenvalue weighted by Gasteiger charge is -2.15. The number of benzene rings is 1. The molecule has 3 rings (SSSR count). The number of fused-ring (bicyclic) bond motifs is 1. The summed E-state index contributed by atoms with van der Waals surface area (Å²) >= 11 is 3.32. The van der Waals surface area contributed by atoms with E-state index < -0.39 is 0 Å². The molecule has 1 aromatic carbocycles. The SMILES string of the molecule is CN(C(=O)c1coc2ccccc12)c1ccc(Br)cn1. The number of para-hydroxylation sites is 1. The van der Waals surface area contributed by atoms with E-state index in [1.807, 2.05) is 30.3 Å². The van der Waals surface area contributed by atoms with Crippen LogP contribution in [-0.2, 0) is 0 Å². The van der Waals surface area contributed by atoms with Crippen LogP contribution in [0.5, 0.6) is 0 Å². The molecule has 5 heteroatoms. The van der Waals surface area contributed by atoms with Crippen molar-refractivity contribution < 1.29 is 9.21 Å². The minimum Gasteiger partial charge on any atom is -0.463 e. The number of anilines is 1. The lowest BCUT2D eigenvalue weighted by Crippen LogP contribution is -2.26. The highest BCUT2D eigenvalue weighted by atomic mass is 79.9. The van der Waals surface area contributed by atoms with Gasteiger partial charge < -0.3 is 4.42 Å². The Bertz CT molecular complexity index is 765. The average Bonchev–Trinajstić information content (AvgIpc) is 2.90. The number of halogens is 1. The Labute approximate surface area is 124 Å². The van der Waals surface area contributed by atoms with Crippen molar-refractivity contribution in [2.45, 2.75) is 0 Å². The first kappa shape index (κ1) is 12.9. The zero-order valence-corrected chi connectivity index (χ0v) is 12.3. The summed E-state index contributed by atoms with van der Waals surface area (Å²) in [5.74, 6) is 0.438. The summed E-state index contributed by atoms with van der Waals surface area (Å²) in [6.07, 6.45) is 3.15. The summed E-state index contributed by atoms with van der Waals surface area (Å²) in [6, 6.07) is 11.1. The number of hydrogen-bond donors (Lipinski definition) is 0. The Hall–Kier alpha value is -2.14. The third-order valence-electron chi connectivity index (χ3n) is 3.07. The second-order valence-electron chi connectivity index (χ2n) is 4.34. The molecule has 2 heterocycles. The molecule has 0 unspecified atom stereocenters. The maximum atomic E-state index is 12.5. The van der Waals surface area contributed by atoms with Gasteiger partial charge in [-0.3, -0.25) is 9.69 Å². The first-order valence-electron chi connectivity index (χ1n) is 6.02. The molecule has 0 atom stereocenters. The van der Waals surface area contributed by atoms with Crippen LogP contribution in [-0.4, -0.2) is 17.9 Å². The van der Waals surface area contributed by atoms with Crippen LogP contribution in [0.25, 0.3) is 11.0 Å². The van der Waals surface area contributed by atoms with Crippen molar-refractivity contribution in [2.75, 3.05) is 11.9 Å². The summed E-state index contributed by atoms with van der Waals surface area (Å²) in [6.45, 7) is 0. The smallest absolute Gasteiger partial charge is 0.263 e. The molecule has 0 radical (unpaired) electrons. The molecule has 4 nitrogen and oxygen atoms in total. The molecule has 0 aliphatic heterocycles. The van der Waals surface area contributed by atoms with Crippen molar-refractivity contribution in [2.24, 2.45) is 0 Å². The van der Waals surface area contributed by atoms with Gasteiger partial charge in [0, 0.05) is 23.1 Å². The molecule has 0 bridgehead atoms. The molecule has 0 saturated carbocycles. The average molecular weight is 331 g/mol. The van der Waals surface area contributed by atoms with Crippen molar-refractivity contribution in [3.05, 3.63) is 58.9 Å². The van der Waals surface area contributed by atoms with Crippen molar-refractivity contribution >= 4 is 38.6 Å². The summed E-state index contributed by atoms with van der Waals surface area (Å²) in [7, 11) is 1.69. The van der Waals surface area contributed by atoms with E-state index in [-0.39, 0.29) is 5.91 Å². The number of furan rings is 1. The molecule has 3 aromatic rings. The molecule has 20 heavy (non-hydrogen) atoms. The maximum absolute atomic E-state index is 12.5. The summed E-state index contributed by atoms with van der Waals surface area (Å²) in [5, 5.41) is 0.807. The van der Waals surface area contributed by atoms with Gasteiger partial charge in [0.15, 0.2) is 0 Å². The Morgan fingerprint density at radius 3 is 2.80 bits per heavy atom. The number of rotatable bonds is 2. The first-order chi connectivity index (χ1) is 9.66. The zero-order chi connectivity index (χ0) is 14.1. The van der Waals surface area contributed by atoms with Gasteiger partial charge in [-0.25, -0.2) is 4.98 Å². The van der Waals surface area contributed by atoms with E-state index >= 15 is 0 Å². The fourth-order valence-corrected chi connectivity index (χ4v) is 2.23. The fraction of sp³-hybridized carbons (Fsp3) is 0.0667. The molecule has 0 aliphatic rings. The summed E-state index contributed by atoms with van der Waals surface area (Å²) in [4.78, 5) is 18.2. The zero-order valence-electron chi connectivity index (χ0n) is 10.7. The van der Waals surface area contributed by atoms with Crippen LogP contribution in [0.4, 0.5) is 5.82 Å². The number of nitrogens with zero attached hydrogens (tertiary/aromatic N) is 2. The molecule has 0 fully saturated rings. The van der Waals surface area contributed by atoms with Crippen LogP contribution in [0, 0.1) is 0 Å². The summed E-state index contributed by atoms with van der Waals surface area (Å²) in [5.41, 5.74) is 1.24. The number of pyridine rings is 1. The largest absolute Gasteiger partial charge is 0.463 e. The molecule has 0 N–H and O–H groups in total. The van der Waals surface area contributed by atoms with E-state index in [1.54, 1.807) is 19.3 Å². The van der Waals surface area contributed by atoms with Gasteiger partial charge in [-0.05, 0) is 34.1 Å². The van der Waals surface area contributed by atoms with Gasteiger partial charge in [0.2, 0.25) is 0 Å². The number of carbonyl (C=O) groups is 1. The van der Waals surface area contributed by atoms with E-state index in [9.17, 15) is 4.79 Å². The molecule has 0 spiro atoms. The minimum absolute atomic E-state index is 0.148. The first-order valence-corrected chi connectivity index (χ1v) is 6.82. The predicted octanol–water partition coefficient (Wildman–Crippen LogP) is 3.87. The van der Waals surface area contributed by atoms with Crippen LogP contribution < -0.4 is 4.90 Å². The highest BCUT2D eigenvalue weighted by molar-refractivity contribution is 9.10. The predicted molar refractivity (Wildman–Crippen MR) is 80.9 cm³/mol. The third kappa shape index (κ3) is 2.20. The van der Waals surface area contributed by atoms with Gasteiger partial charge in [-0.1, -0.05) is 18.2 Å². The van der Waals surface area contributed by atoms with Gasteiger partial charge in [0.1, 0.15) is 17.7 Å². The minimum atomic E-state index is -0.148. The van der Waals surface area contributed by atoms with Gasteiger partial charge in [-0.15, -0.1) is 0 Å². The fourth-order valence-electron chi connectivity index (χ4n) is 1.99. The van der Waals surface area contributed by atoms with Crippen LogP contribution >= 0.6 is 15.9 Å². The highest BCUT2D eigenvalue weighted by Crippen LogP contribution is 2.23. The van der Waals surface area contributed by atoms with E-state index in [4.69, 9.17) is 4.42 Å². The highest BCUT2D eigenvalue weighted by Gasteiger charge is 2.19. The van der Waals surface area contributed by atoms with Crippen LogP contribution in [0.1, 0.15) is 10.4 Å². The second kappa shape index (κ2) is 5.09. The molecular formula is C15H11BrN2O2. The van der Waals surface area contributed by atoms with Gasteiger partial charge >= 0.3 is 0 Å². The lowest BCUT2D eigenvalue weighted by atomic mass is 10.1. The Balaban J connectivity index is 1.97. The van der Waals surface area contributed by atoms with Crippen LogP contribution in [0.3, 0.4) is 0 Å². The molecule has 100 valence electrons. The maximum Gasteiger partial charge on any atom is 0.263 e. The summed E-state index contributed by atoms with van der Waals surface area (Å²) < 4.78 is 6.27. The van der Waals surface area contributed by atoms with Crippen molar-refractivity contribution in [3.8, 4) is 0 Å². The van der Waals surface area contributed by atoms with Crippen molar-refractivity contribution in [1.29, 1.82) is 0 Å². The van der Waals surface area contributed by atoms with Gasteiger partial charge in [0.25, 0.3) is 5.91 Å². The number of hydrogen-bond acceptors (Lipinski definition) is 3. The molecule has 1 amide bonds. The molecule has 0 saturated heterocycles. The molecule has 0 aliphatic carbocycles. The molecule has 2 aromatic heterocycles. The lowest BCUT2D eigenvalue weighted by molar-refractivity contribution is 0.0993.